The molecule has 0 spiro atoms. The van der Waals surface area contributed by atoms with Crippen LogP contribution in [-0.2, 0) is 0 Å². The molecule has 2 unspecified atom stereocenters. The van der Waals surface area contributed by atoms with Crippen molar-refractivity contribution in [2.75, 3.05) is 0 Å². The van der Waals surface area contributed by atoms with E-state index in [1.165, 1.54) is 6.07 Å². The Morgan fingerprint density at radius 1 is 1.31 bits per heavy atom. The van der Waals surface area contributed by atoms with Gasteiger partial charge < -0.3 is 9.84 Å². The van der Waals surface area contributed by atoms with Crippen LogP contribution in [0.2, 0.25) is 0 Å². The molecular formula is C13H17FO2. The zero-order chi connectivity index (χ0) is 11.5. The summed E-state index contributed by atoms with van der Waals surface area (Å²) in [5, 5.41) is 9.74. The van der Waals surface area contributed by atoms with E-state index in [1.54, 1.807) is 19.1 Å². The largest absolute Gasteiger partial charge is 0.488 e. The zero-order valence-electron chi connectivity index (χ0n) is 9.45. The first kappa shape index (κ1) is 11.4. The fourth-order valence-corrected chi connectivity index (χ4v) is 2.04. The van der Waals surface area contributed by atoms with Gasteiger partial charge in [0.05, 0.1) is 6.10 Å². The molecule has 1 N–H and O–H groups in total. The summed E-state index contributed by atoms with van der Waals surface area (Å²) in [5.41, 5.74) is 0.608. The Morgan fingerprint density at radius 3 is 2.75 bits per heavy atom. The first-order valence-electron chi connectivity index (χ1n) is 5.77. The molecule has 0 amide bonds. The van der Waals surface area contributed by atoms with Gasteiger partial charge in [0.2, 0.25) is 0 Å². The average molecular weight is 224 g/mol. The molecule has 0 saturated heterocycles. The standard InChI is InChI=1S/C13H17FO2/c1-9-6-7-10(8-11(9)14)16-13-5-3-2-4-12(13)15/h6-8,12-13,15H,2-5H2,1H3. The van der Waals surface area contributed by atoms with Gasteiger partial charge in [-0.05, 0) is 37.8 Å². The summed E-state index contributed by atoms with van der Waals surface area (Å²) in [5.74, 6) is 0.247. The minimum absolute atomic E-state index is 0.184. The third kappa shape index (κ3) is 2.53. The molecule has 1 saturated carbocycles. The highest BCUT2D eigenvalue weighted by atomic mass is 19.1. The van der Waals surface area contributed by atoms with Gasteiger partial charge in [-0.1, -0.05) is 12.5 Å². The number of aliphatic hydroxyl groups is 1. The van der Waals surface area contributed by atoms with Crippen LogP contribution in [0.3, 0.4) is 0 Å². The van der Waals surface area contributed by atoms with Crippen molar-refractivity contribution in [1.29, 1.82) is 0 Å². The summed E-state index contributed by atoms with van der Waals surface area (Å²) >= 11 is 0. The lowest BCUT2D eigenvalue weighted by Crippen LogP contribution is -2.34. The molecule has 3 heteroatoms. The fraction of sp³-hybridized carbons (Fsp3) is 0.538. The first-order valence-corrected chi connectivity index (χ1v) is 5.77. The van der Waals surface area contributed by atoms with Gasteiger partial charge in [0, 0.05) is 6.07 Å². The molecule has 88 valence electrons. The van der Waals surface area contributed by atoms with Crippen LogP contribution in [0.4, 0.5) is 4.39 Å². The molecule has 1 fully saturated rings. The van der Waals surface area contributed by atoms with E-state index in [2.05, 4.69) is 0 Å². The molecule has 16 heavy (non-hydrogen) atoms. The Labute approximate surface area is 95.1 Å². The third-order valence-electron chi connectivity index (χ3n) is 3.10. The third-order valence-corrected chi connectivity index (χ3v) is 3.10. The predicted octanol–water partition coefficient (Wildman–Crippen LogP) is 2.82. The highest BCUT2D eigenvalue weighted by Gasteiger charge is 2.24. The molecule has 2 nitrogen and oxygen atoms in total. The molecular weight excluding hydrogens is 207 g/mol. The monoisotopic (exact) mass is 224 g/mol. The maximum atomic E-state index is 13.3. The lowest BCUT2D eigenvalue weighted by atomic mass is 9.95. The van der Waals surface area contributed by atoms with Crippen molar-refractivity contribution in [3.8, 4) is 5.75 Å². The van der Waals surface area contributed by atoms with Crippen molar-refractivity contribution in [2.24, 2.45) is 0 Å². The SMILES string of the molecule is Cc1ccc(OC2CCCCC2O)cc1F. The zero-order valence-corrected chi connectivity index (χ0v) is 9.45. The highest BCUT2D eigenvalue weighted by Crippen LogP contribution is 2.24. The molecule has 0 aromatic heterocycles. The number of ether oxygens (including phenoxy) is 1. The van der Waals surface area contributed by atoms with Gasteiger partial charge in [-0.3, -0.25) is 0 Å². The quantitative estimate of drug-likeness (QED) is 0.837. The maximum Gasteiger partial charge on any atom is 0.129 e. The molecule has 0 aliphatic heterocycles. The van der Waals surface area contributed by atoms with Gasteiger partial charge in [0.1, 0.15) is 17.7 Å². The summed E-state index contributed by atoms with van der Waals surface area (Å²) in [4.78, 5) is 0. The van der Waals surface area contributed by atoms with Crippen molar-refractivity contribution >= 4 is 0 Å². The molecule has 1 aliphatic carbocycles. The highest BCUT2D eigenvalue weighted by molar-refractivity contribution is 5.28. The summed E-state index contributed by atoms with van der Waals surface area (Å²) < 4.78 is 18.9. The van der Waals surface area contributed by atoms with E-state index in [1.807, 2.05) is 0 Å². The summed E-state index contributed by atoms with van der Waals surface area (Å²) in [6.07, 6.45) is 3.13. The van der Waals surface area contributed by atoms with Gasteiger partial charge in [-0.15, -0.1) is 0 Å². The fourth-order valence-electron chi connectivity index (χ4n) is 2.04. The molecule has 2 atom stereocenters. The minimum atomic E-state index is -0.418. The predicted molar refractivity (Wildman–Crippen MR) is 60.0 cm³/mol. The van der Waals surface area contributed by atoms with Crippen LogP contribution >= 0.6 is 0 Å². The molecule has 1 aromatic rings. The van der Waals surface area contributed by atoms with Crippen LogP contribution in [0, 0.1) is 12.7 Å². The normalized spacial score (nSPS) is 25.4. The Balaban J connectivity index is 2.05. The van der Waals surface area contributed by atoms with Crippen LogP contribution in [0.5, 0.6) is 5.75 Å². The number of halogens is 1. The van der Waals surface area contributed by atoms with Gasteiger partial charge in [0.25, 0.3) is 0 Å². The van der Waals surface area contributed by atoms with Gasteiger partial charge in [-0.25, -0.2) is 4.39 Å². The van der Waals surface area contributed by atoms with E-state index in [0.717, 1.165) is 25.7 Å². The van der Waals surface area contributed by atoms with E-state index < -0.39 is 6.10 Å². The Kier molecular flexibility index (Phi) is 3.44. The number of hydrogen-bond donors (Lipinski definition) is 1. The van der Waals surface area contributed by atoms with Crippen LogP contribution in [0.15, 0.2) is 18.2 Å². The average Bonchev–Trinajstić information content (AvgIpc) is 2.27. The van der Waals surface area contributed by atoms with Crippen LogP contribution in [-0.4, -0.2) is 17.3 Å². The Morgan fingerprint density at radius 2 is 2.06 bits per heavy atom. The smallest absolute Gasteiger partial charge is 0.129 e. The number of aliphatic hydroxyl groups excluding tert-OH is 1. The molecule has 1 aliphatic rings. The lowest BCUT2D eigenvalue weighted by molar-refractivity contribution is 0.00672. The van der Waals surface area contributed by atoms with E-state index >= 15 is 0 Å². The second-order valence-corrected chi connectivity index (χ2v) is 4.42. The van der Waals surface area contributed by atoms with Crippen molar-refractivity contribution in [3.05, 3.63) is 29.6 Å². The summed E-state index contributed by atoms with van der Waals surface area (Å²) in [6.45, 7) is 1.72. The second kappa shape index (κ2) is 4.83. The molecule has 0 heterocycles. The van der Waals surface area contributed by atoms with Gasteiger partial charge in [-0.2, -0.15) is 0 Å². The molecule has 0 bridgehead atoms. The lowest BCUT2D eigenvalue weighted by Gasteiger charge is -2.28. The summed E-state index contributed by atoms with van der Waals surface area (Å²) in [6, 6.07) is 4.83. The number of hydrogen-bond acceptors (Lipinski definition) is 2. The van der Waals surface area contributed by atoms with Crippen LogP contribution in [0.1, 0.15) is 31.2 Å². The van der Waals surface area contributed by atoms with Gasteiger partial charge in [0.15, 0.2) is 0 Å². The molecule has 2 rings (SSSR count). The van der Waals surface area contributed by atoms with Crippen molar-refractivity contribution in [3.63, 3.8) is 0 Å². The minimum Gasteiger partial charge on any atom is -0.488 e. The summed E-state index contributed by atoms with van der Waals surface area (Å²) in [7, 11) is 0. The first-order chi connectivity index (χ1) is 7.66. The van der Waals surface area contributed by atoms with E-state index in [-0.39, 0.29) is 11.9 Å². The Hall–Kier alpha value is -1.09. The van der Waals surface area contributed by atoms with Crippen molar-refractivity contribution in [2.45, 2.75) is 44.8 Å². The van der Waals surface area contributed by atoms with Crippen molar-refractivity contribution < 1.29 is 14.2 Å². The van der Waals surface area contributed by atoms with E-state index in [0.29, 0.717) is 11.3 Å². The van der Waals surface area contributed by atoms with Crippen LogP contribution in [0.25, 0.3) is 0 Å². The van der Waals surface area contributed by atoms with Crippen LogP contribution < -0.4 is 4.74 Å². The topological polar surface area (TPSA) is 29.5 Å². The second-order valence-electron chi connectivity index (χ2n) is 4.42. The number of rotatable bonds is 2. The van der Waals surface area contributed by atoms with Gasteiger partial charge >= 0.3 is 0 Å². The maximum absolute atomic E-state index is 13.3. The number of benzene rings is 1. The molecule has 0 radical (unpaired) electrons. The van der Waals surface area contributed by atoms with Crippen molar-refractivity contribution in [1.82, 2.24) is 0 Å². The molecule has 1 aromatic carbocycles. The van der Waals surface area contributed by atoms with E-state index in [4.69, 9.17) is 4.74 Å². The van der Waals surface area contributed by atoms with E-state index in [9.17, 15) is 9.50 Å². The Bertz CT molecular complexity index is 365. The number of aryl methyl sites for hydroxylation is 1.